The Balaban J connectivity index is 1.27. The van der Waals surface area contributed by atoms with Crippen molar-refractivity contribution in [3.8, 4) is 11.5 Å². The molecule has 0 radical (unpaired) electrons. The third kappa shape index (κ3) is 4.05. The van der Waals surface area contributed by atoms with Gasteiger partial charge in [0.05, 0.1) is 6.26 Å². The van der Waals surface area contributed by atoms with E-state index >= 15 is 0 Å². The first-order valence-electron chi connectivity index (χ1n) is 9.51. The Morgan fingerprint density at radius 1 is 1.00 bits per heavy atom. The molecule has 2 saturated heterocycles. The zero-order chi connectivity index (χ0) is 18.6. The molecule has 2 amide bonds. The van der Waals surface area contributed by atoms with Gasteiger partial charge in [0.15, 0.2) is 11.5 Å². The van der Waals surface area contributed by atoms with Gasteiger partial charge in [0.1, 0.15) is 0 Å². The summed E-state index contributed by atoms with van der Waals surface area (Å²) in [4.78, 5) is 30.9. The maximum absolute atomic E-state index is 12.6. The number of likely N-dealkylation sites (tertiary alicyclic amines) is 1. The van der Waals surface area contributed by atoms with Gasteiger partial charge >= 0.3 is 0 Å². The van der Waals surface area contributed by atoms with E-state index in [-0.39, 0.29) is 17.5 Å². The highest BCUT2D eigenvalue weighted by atomic mass is 16.5. The molecule has 4 heterocycles. The molecule has 2 aliphatic heterocycles. The first-order valence-corrected chi connectivity index (χ1v) is 9.51. The molecule has 0 bridgehead atoms. The molecule has 2 aromatic heterocycles. The number of aromatic nitrogens is 1. The van der Waals surface area contributed by atoms with Gasteiger partial charge in [0.25, 0.3) is 5.91 Å². The van der Waals surface area contributed by atoms with Gasteiger partial charge in [-0.25, -0.2) is 0 Å². The highest BCUT2D eigenvalue weighted by Gasteiger charge is 2.27. The molecular weight excluding hydrogens is 348 g/mol. The molecule has 8 nitrogen and oxygen atoms in total. The minimum atomic E-state index is -0.180. The van der Waals surface area contributed by atoms with E-state index < -0.39 is 0 Å². The normalized spacial score (nSPS) is 18.2. The molecule has 0 unspecified atom stereocenters. The minimum absolute atomic E-state index is 0.176. The number of piperazine rings is 1. The molecule has 27 heavy (non-hydrogen) atoms. The molecule has 144 valence electrons. The second kappa shape index (κ2) is 7.96. The van der Waals surface area contributed by atoms with E-state index in [1.54, 1.807) is 29.4 Å². The van der Waals surface area contributed by atoms with Crippen LogP contribution in [0.3, 0.4) is 0 Å². The average Bonchev–Trinajstić information content (AvgIpc) is 3.47. The highest BCUT2D eigenvalue weighted by molar-refractivity contribution is 5.93. The van der Waals surface area contributed by atoms with E-state index in [0.29, 0.717) is 44.1 Å². The molecule has 0 atom stereocenters. The lowest BCUT2D eigenvalue weighted by molar-refractivity contribution is -0.133. The minimum Gasteiger partial charge on any atom is -0.461 e. The molecule has 0 saturated carbocycles. The van der Waals surface area contributed by atoms with Crippen LogP contribution >= 0.6 is 0 Å². The highest BCUT2D eigenvalue weighted by Crippen LogP contribution is 2.21. The molecule has 2 aliphatic rings. The zero-order valence-electron chi connectivity index (χ0n) is 15.3. The maximum atomic E-state index is 12.6. The summed E-state index contributed by atoms with van der Waals surface area (Å²) in [5.41, 5.74) is 0.259. The Morgan fingerprint density at radius 2 is 1.74 bits per heavy atom. The summed E-state index contributed by atoms with van der Waals surface area (Å²) in [6.45, 7) is 5.20. The first-order chi connectivity index (χ1) is 13.2. The van der Waals surface area contributed by atoms with Crippen LogP contribution < -0.4 is 0 Å². The van der Waals surface area contributed by atoms with Crippen LogP contribution in [0, 0.1) is 0 Å². The number of carbonyl (C=O) groups excluding carboxylic acids is 2. The van der Waals surface area contributed by atoms with Gasteiger partial charge in [-0.2, -0.15) is 0 Å². The van der Waals surface area contributed by atoms with E-state index in [1.165, 1.54) is 12.8 Å². The van der Waals surface area contributed by atoms with E-state index in [9.17, 15) is 9.59 Å². The molecule has 8 heteroatoms. The molecule has 2 fully saturated rings. The third-order valence-corrected chi connectivity index (χ3v) is 5.25. The number of rotatable bonds is 5. The molecule has 0 aliphatic carbocycles. The first kappa shape index (κ1) is 17.8. The second-order valence-corrected chi connectivity index (χ2v) is 7.03. The van der Waals surface area contributed by atoms with Gasteiger partial charge in [0.2, 0.25) is 11.7 Å². The van der Waals surface area contributed by atoms with Crippen LogP contribution in [0.2, 0.25) is 0 Å². The van der Waals surface area contributed by atoms with Gasteiger partial charge in [-0.05, 0) is 38.1 Å². The largest absolute Gasteiger partial charge is 0.461 e. The Morgan fingerprint density at radius 3 is 2.44 bits per heavy atom. The lowest BCUT2D eigenvalue weighted by Gasteiger charge is -2.34. The van der Waals surface area contributed by atoms with Crippen molar-refractivity contribution in [3.63, 3.8) is 0 Å². The SMILES string of the molecule is O=C(CCN1CCCC1)N1CCN(C(=O)c2cc(-c3ccco3)on2)CC1. The predicted molar refractivity (Wildman–Crippen MR) is 97.0 cm³/mol. The third-order valence-electron chi connectivity index (χ3n) is 5.25. The van der Waals surface area contributed by atoms with Crippen LogP contribution in [-0.2, 0) is 4.79 Å². The number of nitrogens with zero attached hydrogens (tertiary/aromatic N) is 4. The van der Waals surface area contributed by atoms with Gasteiger partial charge < -0.3 is 23.6 Å². The van der Waals surface area contributed by atoms with Crippen molar-refractivity contribution in [2.24, 2.45) is 0 Å². The lowest BCUT2D eigenvalue weighted by Crippen LogP contribution is -2.51. The van der Waals surface area contributed by atoms with Crippen molar-refractivity contribution in [1.29, 1.82) is 0 Å². The van der Waals surface area contributed by atoms with Crippen LogP contribution in [0.15, 0.2) is 33.4 Å². The molecule has 0 aromatic carbocycles. The van der Waals surface area contributed by atoms with E-state index in [1.807, 2.05) is 4.90 Å². The van der Waals surface area contributed by atoms with Gasteiger partial charge in [-0.3, -0.25) is 9.59 Å². The lowest BCUT2D eigenvalue weighted by atomic mass is 10.2. The van der Waals surface area contributed by atoms with Gasteiger partial charge in [-0.1, -0.05) is 5.16 Å². The molecule has 2 aromatic rings. The average molecular weight is 372 g/mol. The van der Waals surface area contributed by atoms with Crippen molar-refractivity contribution in [2.75, 3.05) is 45.8 Å². The summed E-state index contributed by atoms with van der Waals surface area (Å²) >= 11 is 0. The fourth-order valence-corrected chi connectivity index (χ4v) is 3.65. The van der Waals surface area contributed by atoms with Crippen LogP contribution in [0.25, 0.3) is 11.5 Å². The number of hydrogen-bond donors (Lipinski definition) is 0. The summed E-state index contributed by atoms with van der Waals surface area (Å²) < 4.78 is 10.5. The van der Waals surface area contributed by atoms with Crippen LogP contribution in [0.4, 0.5) is 0 Å². The summed E-state index contributed by atoms with van der Waals surface area (Å²) in [7, 11) is 0. The summed E-state index contributed by atoms with van der Waals surface area (Å²) in [5.74, 6) is 0.963. The van der Waals surface area contributed by atoms with E-state index in [2.05, 4.69) is 10.1 Å². The molecule has 0 N–H and O–H groups in total. The second-order valence-electron chi connectivity index (χ2n) is 7.03. The summed E-state index contributed by atoms with van der Waals surface area (Å²) in [6, 6.07) is 5.09. The molecular formula is C19H24N4O4. The van der Waals surface area contributed by atoms with E-state index in [0.717, 1.165) is 19.6 Å². The van der Waals surface area contributed by atoms with Gasteiger partial charge in [-0.15, -0.1) is 0 Å². The number of hydrogen-bond acceptors (Lipinski definition) is 6. The zero-order valence-corrected chi connectivity index (χ0v) is 15.3. The predicted octanol–water partition coefficient (Wildman–Crippen LogP) is 1.70. The van der Waals surface area contributed by atoms with Crippen LogP contribution in [0.5, 0.6) is 0 Å². The van der Waals surface area contributed by atoms with Crippen LogP contribution in [-0.4, -0.2) is 77.5 Å². The van der Waals surface area contributed by atoms with Crippen molar-refractivity contribution in [1.82, 2.24) is 19.9 Å². The fraction of sp³-hybridized carbons (Fsp3) is 0.526. The smallest absolute Gasteiger partial charge is 0.276 e. The van der Waals surface area contributed by atoms with Crippen molar-refractivity contribution in [3.05, 3.63) is 30.2 Å². The number of furan rings is 1. The Kier molecular flexibility index (Phi) is 5.24. The monoisotopic (exact) mass is 372 g/mol. The van der Waals surface area contributed by atoms with Gasteiger partial charge in [0, 0.05) is 45.2 Å². The van der Waals surface area contributed by atoms with Crippen molar-refractivity contribution in [2.45, 2.75) is 19.3 Å². The fourth-order valence-electron chi connectivity index (χ4n) is 3.65. The van der Waals surface area contributed by atoms with Crippen LogP contribution in [0.1, 0.15) is 29.8 Å². The van der Waals surface area contributed by atoms with Crippen molar-refractivity contribution < 1.29 is 18.5 Å². The Bertz CT molecular complexity index is 771. The van der Waals surface area contributed by atoms with E-state index in [4.69, 9.17) is 8.94 Å². The van der Waals surface area contributed by atoms with Crippen molar-refractivity contribution >= 4 is 11.8 Å². The molecule has 0 spiro atoms. The quantitative estimate of drug-likeness (QED) is 0.795. The molecule has 4 rings (SSSR count). The summed E-state index contributed by atoms with van der Waals surface area (Å²) in [5, 5.41) is 3.86. The standard InChI is InChI=1S/C19H24N4O4/c24-18(5-8-21-6-1-2-7-21)22-9-11-23(12-10-22)19(25)15-14-17(27-20-15)16-4-3-13-26-16/h3-4,13-14H,1-2,5-12H2. The summed E-state index contributed by atoms with van der Waals surface area (Å²) in [6.07, 6.45) is 4.57. The maximum Gasteiger partial charge on any atom is 0.276 e. The Hall–Kier alpha value is -2.61. The Labute approximate surface area is 157 Å². The number of amides is 2. The number of carbonyl (C=O) groups is 2. The topological polar surface area (TPSA) is 83.0 Å².